The van der Waals surface area contributed by atoms with Crippen molar-refractivity contribution in [2.75, 3.05) is 26.3 Å². The fourth-order valence-corrected chi connectivity index (χ4v) is 2.52. The zero-order chi connectivity index (χ0) is 15.6. The number of piperidine rings is 1. The van der Waals surface area contributed by atoms with E-state index in [-0.39, 0.29) is 24.7 Å². The van der Waals surface area contributed by atoms with Gasteiger partial charge in [-0.3, -0.25) is 15.0 Å². The molecule has 0 saturated carbocycles. The maximum Gasteiger partial charge on any atom is 0.305 e. The quantitative estimate of drug-likeness (QED) is 0.446. The Labute approximate surface area is 120 Å². The van der Waals surface area contributed by atoms with Gasteiger partial charge in [-0.2, -0.15) is 0 Å². The lowest BCUT2D eigenvalue weighted by Gasteiger charge is -2.45. The minimum atomic E-state index is -2.99. The number of hydrogen-bond donors (Lipinski definition) is 2. The second kappa shape index (κ2) is 6.02. The second-order valence-electron chi connectivity index (χ2n) is 5.32. The molecule has 9 heteroatoms. The van der Waals surface area contributed by atoms with Crippen LogP contribution in [-0.2, 0) is 4.74 Å². The summed E-state index contributed by atoms with van der Waals surface area (Å²) in [6.07, 6.45) is 0.741. The van der Waals surface area contributed by atoms with Crippen molar-refractivity contribution in [3.05, 3.63) is 21.5 Å². The van der Waals surface area contributed by atoms with Crippen LogP contribution >= 0.6 is 0 Å². The molecule has 0 bridgehead atoms. The van der Waals surface area contributed by atoms with Gasteiger partial charge in [0.05, 0.1) is 48.7 Å². The van der Waals surface area contributed by atoms with E-state index in [1.54, 1.807) is 4.90 Å². The van der Waals surface area contributed by atoms with E-state index in [1.807, 2.05) is 0 Å². The highest BCUT2D eigenvalue weighted by molar-refractivity contribution is 5.73. The lowest BCUT2D eigenvalue weighted by Crippen LogP contribution is -2.62. The first kappa shape index (κ1) is 15.8. The van der Waals surface area contributed by atoms with Gasteiger partial charge >= 0.3 is 5.70 Å². The largest absolute Gasteiger partial charge is 0.378 e. The molecule has 118 valence electrons. The van der Waals surface area contributed by atoms with Gasteiger partial charge < -0.3 is 15.5 Å². The maximum atomic E-state index is 14.2. The summed E-state index contributed by atoms with van der Waals surface area (Å²) in [6.45, 7) is 2.40. The van der Waals surface area contributed by atoms with Gasteiger partial charge in [0.1, 0.15) is 0 Å². The first-order valence-electron chi connectivity index (χ1n) is 6.67. The van der Waals surface area contributed by atoms with Crippen LogP contribution < -0.4 is 5.32 Å². The van der Waals surface area contributed by atoms with Gasteiger partial charge in [0.15, 0.2) is 0 Å². The van der Waals surface area contributed by atoms with Crippen LogP contribution in [0.3, 0.4) is 0 Å². The number of nitro groups is 1. The maximum absolute atomic E-state index is 14.2. The fourth-order valence-electron chi connectivity index (χ4n) is 2.52. The van der Waals surface area contributed by atoms with Crippen LogP contribution in [-0.4, -0.2) is 60.3 Å². The molecule has 0 radical (unpaired) electrons. The number of hydrogen-bond acceptors (Lipinski definition) is 6. The normalized spacial score (nSPS) is 27.5. The van der Waals surface area contributed by atoms with Gasteiger partial charge in [-0.05, 0) is 13.3 Å². The summed E-state index contributed by atoms with van der Waals surface area (Å²) in [5.74, 6) is -2.99. The molecule has 0 aliphatic carbocycles. The highest BCUT2D eigenvalue weighted by atomic mass is 19.3. The number of likely N-dealkylation sites (tertiary alicyclic amines) is 1. The van der Waals surface area contributed by atoms with E-state index in [0.717, 1.165) is 0 Å². The Morgan fingerprint density at radius 3 is 2.67 bits per heavy atom. The second-order valence-corrected chi connectivity index (χ2v) is 5.32. The van der Waals surface area contributed by atoms with E-state index in [9.17, 15) is 18.9 Å². The van der Waals surface area contributed by atoms with Crippen molar-refractivity contribution in [3.63, 3.8) is 0 Å². The summed E-state index contributed by atoms with van der Waals surface area (Å²) in [5.41, 5.74) is -0.513. The Balaban J connectivity index is 2.04. The standard InChI is InChI=1S/C12H18F2N4O3/c1-8(10(4-15)18(19)20)16-11-2-3-17(7-12(11,13)14)9-5-21-6-9/h4,9,11,15-16H,2-3,5-7H2,1H3/b10-8+,15-4?. The Morgan fingerprint density at radius 2 is 2.24 bits per heavy atom. The van der Waals surface area contributed by atoms with Gasteiger partial charge in [-0.25, -0.2) is 8.78 Å². The van der Waals surface area contributed by atoms with Gasteiger partial charge in [-0.1, -0.05) is 0 Å². The summed E-state index contributed by atoms with van der Waals surface area (Å²) >= 11 is 0. The van der Waals surface area contributed by atoms with Crippen molar-refractivity contribution in [1.29, 1.82) is 5.41 Å². The number of rotatable bonds is 5. The number of ether oxygens (including phenoxy) is 1. The first-order chi connectivity index (χ1) is 9.85. The molecule has 2 rings (SSSR count). The average molecular weight is 304 g/mol. The molecule has 2 aliphatic heterocycles. The molecule has 0 amide bonds. The Bertz CT molecular complexity index is 465. The number of halogens is 2. The topological polar surface area (TPSA) is 91.5 Å². The molecule has 0 aromatic carbocycles. The lowest BCUT2D eigenvalue weighted by molar-refractivity contribution is -0.415. The van der Waals surface area contributed by atoms with Crippen molar-refractivity contribution >= 4 is 6.21 Å². The molecule has 2 N–H and O–H groups in total. The van der Waals surface area contributed by atoms with Crippen molar-refractivity contribution < 1.29 is 18.4 Å². The first-order valence-corrected chi connectivity index (χ1v) is 6.67. The summed E-state index contributed by atoms with van der Waals surface area (Å²) < 4.78 is 33.4. The van der Waals surface area contributed by atoms with E-state index < -0.39 is 22.6 Å². The SMILES string of the molecule is C/C(NC1CCN(C2COC2)CC1(F)F)=C(/C=N)[N+](=O)[O-]. The molecule has 1 atom stereocenters. The minimum Gasteiger partial charge on any atom is -0.378 e. The Kier molecular flexibility index (Phi) is 4.52. The molecular weight excluding hydrogens is 286 g/mol. The van der Waals surface area contributed by atoms with Gasteiger partial charge in [-0.15, -0.1) is 0 Å². The molecule has 0 aromatic heterocycles. The molecule has 0 aromatic rings. The van der Waals surface area contributed by atoms with Crippen molar-refractivity contribution in [2.45, 2.75) is 31.4 Å². The highest BCUT2D eigenvalue weighted by Crippen LogP contribution is 2.30. The molecule has 2 saturated heterocycles. The smallest absolute Gasteiger partial charge is 0.305 e. The average Bonchev–Trinajstić information content (AvgIpc) is 2.30. The molecule has 0 spiro atoms. The third-order valence-corrected chi connectivity index (χ3v) is 3.87. The van der Waals surface area contributed by atoms with Crippen molar-refractivity contribution in [1.82, 2.24) is 10.2 Å². The number of allylic oxidation sites excluding steroid dienone is 2. The van der Waals surface area contributed by atoms with E-state index in [1.165, 1.54) is 6.92 Å². The molecule has 2 aliphatic rings. The zero-order valence-corrected chi connectivity index (χ0v) is 11.6. The Hall–Kier alpha value is -1.61. The summed E-state index contributed by atoms with van der Waals surface area (Å²) in [6, 6.07) is -1.12. The molecule has 21 heavy (non-hydrogen) atoms. The van der Waals surface area contributed by atoms with Crippen molar-refractivity contribution in [3.8, 4) is 0 Å². The molecule has 2 fully saturated rings. The zero-order valence-electron chi connectivity index (χ0n) is 11.6. The van der Waals surface area contributed by atoms with Crippen LogP contribution in [0.5, 0.6) is 0 Å². The molecule has 7 nitrogen and oxygen atoms in total. The Morgan fingerprint density at radius 1 is 1.57 bits per heavy atom. The minimum absolute atomic E-state index is 0.0138. The van der Waals surface area contributed by atoms with Crippen LogP contribution in [0.2, 0.25) is 0 Å². The number of alkyl halides is 2. The van der Waals surface area contributed by atoms with Crippen molar-refractivity contribution in [2.24, 2.45) is 0 Å². The highest BCUT2D eigenvalue weighted by Gasteiger charge is 2.47. The predicted molar refractivity (Wildman–Crippen MR) is 71.1 cm³/mol. The van der Waals surface area contributed by atoms with Gasteiger partial charge in [0.25, 0.3) is 5.92 Å². The monoisotopic (exact) mass is 304 g/mol. The molecule has 2 heterocycles. The van der Waals surface area contributed by atoms with Crippen LogP contribution in [0.4, 0.5) is 8.78 Å². The summed E-state index contributed by atoms with van der Waals surface area (Å²) in [5, 5.41) is 20.2. The third-order valence-electron chi connectivity index (χ3n) is 3.87. The number of nitrogens with zero attached hydrogens (tertiary/aromatic N) is 2. The van der Waals surface area contributed by atoms with Crippen LogP contribution in [0.25, 0.3) is 0 Å². The van der Waals surface area contributed by atoms with Gasteiger partial charge in [0, 0.05) is 6.54 Å². The van der Waals surface area contributed by atoms with Crippen LogP contribution in [0, 0.1) is 15.5 Å². The lowest BCUT2D eigenvalue weighted by atomic mass is 9.98. The molecule has 1 unspecified atom stereocenters. The van der Waals surface area contributed by atoms with E-state index >= 15 is 0 Å². The predicted octanol–water partition coefficient (Wildman–Crippen LogP) is 0.842. The number of nitrogens with one attached hydrogen (secondary N) is 2. The van der Waals surface area contributed by atoms with E-state index in [4.69, 9.17) is 10.1 Å². The summed E-state index contributed by atoms with van der Waals surface area (Å²) in [7, 11) is 0. The summed E-state index contributed by atoms with van der Waals surface area (Å²) in [4.78, 5) is 11.7. The molecular formula is C12H18F2N4O3. The van der Waals surface area contributed by atoms with E-state index in [0.29, 0.717) is 26.0 Å². The van der Waals surface area contributed by atoms with Crippen LogP contribution in [0.15, 0.2) is 11.4 Å². The van der Waals surface area contributed by atoms with E-state index in [2.05, 4.69) is 5.32 Å². The van der Waals surface area contributed by atoms with Crippen LogP contribution in [0.1, 0.15) is 13.3 Å². The van der Waals surface area contributed by atoms with Gasteiger partial charge in [0.2, 0.25) is 0 Å². The fraction of sp³-hybridized carbons (Fsp3) is 0.750. The third kappa shape index (κ3) is 3.35.